The molecule has 3 aromatic rings. The molecule has 98 valence electrons. The van der Waals surface area contributed by atoms with Gasteiger partial charge in [0.2, 0.25) is 0 Å². The number of nitrogens with one attached hydrogen (secondary N) is 1. The standard InChI is InChI=1S/C14H17N5/c1-2-8-18-12-13(17-14(18)5-1)11-15-6-3-9-19-10-4-7-16-19/h1-2,4-5,7-8,10,12,15H,3,6,9,11H2. The zero-order valence-electron chi connectivity index (χ0n) is 10.7. The van der Waals surface area contributed by atoms with E-state index in [1.54, 1.807) is 0 Å². The lowest BCUT2D eigenvalue weighted by molar-refractivity contribution is 0.541. The molecule has 0 atom stereocenters. The van der Waals surface area contributed by atoms with E-state index in [1.165, 1.54) is 0 Å². The molecule has 3 rings (SSSR count). The molecule has 5 nitrogen and oxygen atoms in total. The van der Waals surface area contributed by atoms with Crippen molar-refractivity contribution in [3.63, 3.8) is 0 Å². The van der Waals surface area contributed by atoms with Crippen molar-refractivity contribution in [3.8, 4) is 0 Å². The Hall–Kier alpha value is -2.14. The van der Waals surface area contributed by atoms with Gasteiger partial charge in [-0.05, 0) is 31.2 Å². The Morgan fingerprint density at radius 3 is 3.00 bits per heavy atom. The zero-order chi connectivity index (χ0) is 12.9. The van der Waals surface area contributed by atoms with Crippen molar-refractivity contribution in [3.05, 3.63) is 54.7 Å². The fraction of sp³-hybridized carbons (Fsp3) is 0.286. The Balaban J connectivity index is 1.44. The summed E-state index contributed by atoms with van der Waals surface area (Å²) in [6.07, 6.45) is 8.95. The van der Waals surface area contributed by atoms with E-state index in [9.17, 15) is 0 Å². The van der Waals surface area contributed by atoms with E-state index in [1.807, 2.05) is 51.9 Å². The van der Waals surface area contributed by atoms with Gasteiger partial charge in [-0.15, -0.1) is 0 Å². The van der Waals surface area contributed by atoms with Crippen LogP contribution in [0.15, 0.2) is 49.1 Å². The maximum absolute atomic E-state index is 4.54. The highest BCUT2D eigenvalue weighted by Gasteiger charge is 1.99. The Morgan fingerprint density at radius 1 is 1.16 bits per heavy atom. The largest absolute Gasteiger partial charge is 0.311 e. The van der Waals surface area contributed by atoms with Crippen LogP contribution in [-0.4, -0.2) is 25.7 Å². The lowest BCUT2D eigenvalue weighted by atomic mass is 10.4. The van der Waals surface area contributed by atoms with E-state index >= 15 is 0 Å². The fourth-order valence-corrected chi connectivity index (χ4v) is 2.09. The van der Waals surface area contributed by atoms with Gasteiger partial charge in [-0.3, -0.25) is 4.68 Å². The third kappa shape index (κ3) is 3.00. The Kier molecular flexibility index (Phi) is 3.56. The average Bonchev–Trinajstić information content (AvgIpc) is 3.06. The Morgan fingerprint density at radius 2 is 2.16 bits per heavy atom. The third-order valence-electron chi connectivity index (χ3n) is 3.02. The van der Waals surface area contributed by atoms with Crippen LogP contribution in [0.3, 0.4) is 0 Å². The molecule has 0 saturated heterocycles. The molecule has 3 aromatic heterocycles. The maximum atomic E-state index is 4.54. The van der Waals surface area contributed by atoms with Gasteiger partial charge in [0.25, 0.3) is 0 Å². The molecule has 3 heterocycles. The molecule has 19 heavy (non-hydrogen) atoms. The maximum Gasteiger partial charge on any atom is 0.137 e. The number of hydrogen-bond donors (Lipinski definition) is 1. The molecule has 0 radical (unpaired) electrons. The van der Waals surface area contributed by atoms with Gasteiger partial charge in [-0.1, -0.05) is 6.07 Å². The van der Waals surface area contributed by atoms with Crippen molar-refractivity contribution >= 4 is 5.65 Å². The zero-order valence-corrected chi connectivity index (χ0v) is 10.7. The number of aryl methyl sites for hydroxylation is 1. The van der Waals surface area contributed by atoms with Crippen molar-refractivity contribution in [2.45, 2.75) is 19.5 Å². The molecule has 0 spiro atoms. The number of imidazole rings is 1. The average molecular weight is 255 g/mol. The number of nitrogens with zero attached hydrogens (tertiary/aromatic N) is 4. The first-order valence-electron chi connectivity index (χ1n) is 6.52. The minimum atomic E-state index is 0.806. The van der Waals surface area contributed by atoms with Crippen molar-refractivity contribution in [2.75, 3.05) is 6.54 Å². The molecule has 5 heteroatoms. The lowest BCUT2D eigenvalue weighted by Crippen LogP contribution is -2.16. The van der Waals surface area contributed by atoms with Gasteiger partial charge in [0.1, 0.15) is 5.65 Å². The van der Waals surface area contributed by atoms with Crippen LogP contribution in [0, 0.1) is 0 Å². The molecule has 0 aliphatic rings. The molecule has 0 bridgehead atoms. The van der Waals surface area contributed by atoms with Crippen molar-refractivity contribution in [2.24, 2.45) is 0 Å². The second kappa shape index (κ2) is 5.67. The molecular formula is C14H17N5. The summed E-state index contributed by atoms with van der Waals surface area (Å²) in [5, 5.41) is 7.58. The third-order valence-corrected chi connectivity index (χ3v) is 3.02. The van der Waals surface area contributed by atoms with Gasteiger partial charge in [-0.25, -0.2) is 4.98 Å². The van der Waals surface area contributed by atoms with Gasteiger partial charge >= 0.3 is 0 Å². The van der Waals surface area contributed by atoms with Crippen molar-refractivity contribution in [1.82, 2.24) is 24.5 Å². The number of aromatic nitrogens is 4. The van der Waals surface area contributed by atoms with Crippen LogP contribution < -0.4 is 5.32 Å². The van der Waals surface area contributed by atoms with Crippen LogP contribution >= 0.6 is 0 Å². The van der Waals surface area contributed by atoms with E-state index in [0.717, 1.165) is 37.4 Å². The van der Waals surface area contributed by atoms with Crippen LogP contribution in [0.5, 0.6) is 0 Å². The van der Waals surface area contributed by atoms with E-state index in [0.29, 0.717) is 0 Å². The SMILES string of the molecule is c1ccn2cc(CNCCCn3cccn3)nc2c1. The quantitative estimate of drug-likeness (QED) is 0.682. The Bertz CT molecular complexity index is 593. The number of pyridine rings is 1. The summed E-state index contributed by atoms with van der Waals surface area (Å²) in [4.78, 5) is 4.54. The van der Waals surface area contributed by atoms with E-state index < -0.39 is 0 Å². The first kappa shape index (κ1) is 11.9. The van der Waals surface area contributed by atoms with Crippen molar-refractivity contribution < 1.29 is 0 Å². The van der Waals surface area contributed by atoms with Gasteiger partial charge in [-0.2, -0.15) is 5.10 Å². The molecule has 0 aliphatic carbocycles. The number of rotatable bonds is 6. The predicted molar refractivity (Wildman–Crippen MR) is 73.7 cm³/mol. The fourth-order valence-electron chi connectivity index (χ4n) is 2.09. The van der Waals surface area contributed by atoms with Crippen LogP contribution in [0.4, 0.5) is 0 Å². The molecule has 0 saturated carbocycles. The first-order chi connectivity index (χ1) is 9.42. The van der Waals surface area contributed by atoms with Crippen LogP contribution in [0.2, 0.25) is 0 Å². The summed E-state index contributed by atoms with van der Waals surface area (Å²) in [5.41, 5.74) is 2.07. The minimum absolute atomic E-state index is 0.806. The Labute approximate surface area is 111 Å². The van der Waals surface area contributed by atoms with Crippen LogP contribution in [-0.2, 0) is 13.1 Å². The molecule has 0 fully saturated rings. The molecule has 0 aliphatic heterocycles. The van der Waals surface area contributed by atoms with Gasteiger partial charge in [0.15, 0.2) is 0 Å². The number of fused-ring (bicyclic) bond motifs is 1. The van der Waals surface area contributed by atoms with E-state index in [2.05, 4.69) is 21.6 Å². The van der Waals surface area contributed by atoms with Gasteiger partial charge in [0, 0.05) is 37.9 Å². The molecule has 0 unspecified atom stereocenters. The highest BCUT2D eigenvalue weighted by molar-refractivity contribution is 5.39. The highest BCUT2D eigenvalue weighted by atomic mass is 15.3. The summed E-state index contributed by atoms with van der Waals surface area (Å²) in [6.45, 7) is 2.72. The van der Waals surface area contributed by atoms with Gasteiger partial charge in [0.05, 0.1) is 5.69 Å². The number of hydrogen-bond acceptors (Lipinski definition) is 3. The summed E-state index contributed by atoms with van der Waals surface area (Å²) in [6, 6.07) is 7.98. The van der Waals surface area contributed by atoms with Gasteiger partial charge < -0.3 is 9.72 Å². The lowest BCUT2D eigenvalue weighted by Gasteiger charge is -2.03. The second-order valence-electron chi connectivity index (χ2n) is 4.50. The normalized spacial score (nSPS) is 11.2. The smallest absolute Gasteiger partial charge is 0.137 e. The monoisotopic (exact) mass is 255 g/mol. The van der Waals surface area contributed by atoms with Crippen LogP contribution in [0.25, 0.3) is 5.65 Å². The molecule has 1 N–H and O–H groups in total. The topological polar surface area (TPSA) is 47.1 Å². The minimum Gasteiger partial charge on any atom is -0.311 e. The summed E-state index contributed by atoms with van der Waals surface area (Å²) >= 11 is 0. The van der Waals surface area contributed by atoms with E-state index in [-0.39, 0.29) is 0 Å². The molecule has 0 aromatic carbocycles. The summed E-state index contributed by atoms with van der Waals surface area (Å²) in [5.74, 6) is 0. The van der Waals surface area contributed by atoms with Crippen LogP contribution in [0.1, 0.15) is 12.1 Å². The summed E-state index contributed by atoms with van der Waals surface area (Å²) in [7, 11) is 0. The van der Waals surface area contributed by atoms with Crippen molar-refractivity contribution in [1.29, 1.82) is 0 Å². The highest BCUT2D eigenvalue weighted by Crippen LogP contribution is 2.03. The van der Waals surface area contributed by atoms with E-state index in [4.69, 9.17) is 0 Å². The predicted octanol–water partition coefficient (Wildman–Crippen LogP) is 1.71. The summed E-state index contributed by atoms with van der Waals surface area (Å²) < 4.78 is 3.99. The molecular weight excluding hydrogens is 238 g/mol. The first-order valence-corrected chi connectivity index (χ1v) is 6.52. The second-order valence-corrected chi connectivity index (χ2v) is 4.50. The molecule has 0 amide bonds.